The van der Waals surface area contributed by atoms with Gasteiger partial charge in [-0.15, -0.1) is 13.2 Å². The molecule has 1 aliphatic heterocycles. The predicted octanol–water partition coefficient (Wildman–Crippen LogP) is 4.15. The number of methoxy groups -OCH3 is 1. The third kappa shape index (κ3) is 9.81. The number of hydrogen-bond donors (Lipinski definition) is 3. The van der Waals surface area contributed by atoms with Gasteiger partial charge < -0.3 is 24.4 Å². The first kappa shape index (κ1) is 36.0. The van der Waals surface area contributed by atoms with Crippen molar-refractivity contribution in [3.8, 4) is 11.5 Å². The third-order valence-corrected chi connectivity index (χ3v) is 9.20. The fourth-order valence-electron chi connectivity index (χ4n) is 5.12. The predicted molar refractivity (Wildman–Crippen MR) is 166 cm³/mol. The van der Waals surface area contributed by atoms with E-state index in [0.717, 1.165) is 22.6 Å². The van der Waals surface area contributed by atoms with Crippen LogP contribution in [0.3, 0.4) is 0 Å². The maximum Gasteiger partial charge on any atom is 0.573 e. The molecule has 11 nitrogen and oxygen atoms in total. The van der Waals surface area contributed by atoms with Gasteiger partial charge in [0.05, 0.1) is 30.3 Å². The van der Waals surface area contributed by atoms with Crippen LogP contribution < -0.4 is 19.7 Å². The molecule has 47 heavy (non-hydrogen) atoms. The number of hydrogen-bond acceptors (Lipinski definition) is 9. The van der Waals surface area contributed by atoms with Crippen molar-refractivity contribution >= 4 is 21.8 Å². The van der Waals surface area contributed by atoms with Gasteiger partial charge in [-0.2, -0.15) is 4.31 Å². The molecule has 4 rings (SSSR count). The molecular weight excluding hydrogens is 643 g/mol. The summed E-state index contributed by atoms with van der Waals surface area (Å²) in [6.45, 7) is 3.22. The number of amides is 1. The second-order valence-electron chi connectivity index (χ2n) is 11.4. The van der Waals surface area contributed by atoms with Crippen LogP contribution in [0.1, 0.15) is 19.4 Å². The molecule has 0 radical (unpaired) electrons. The van der Waals surface area contributed by atoms with Gasteiger partial charge in [-0.05, 0) is 54.3 Å². The monoisotopic (exact) mass is 681 g/mol. The van der Waals surface area contributed by atoms with Gasteiger partial charge in [0.1, 0.15) is 17.7 Å². The minimum absolute atomic E-state index is 0.0152. The van der Waals surface area contributed by atoms with Crippen LogP contribution >= 0.6 is 0 Å². The number of nitrogens with zero attached hydrogens (tertiary/aromatic N) is 2. The number of anilines is 1. The number of carbonyl (C=O) groups is 1. The van der Waals surface area contributed by atoms with Crippen LogP contribution in [0.4, 0.5) is 23.7 Å². The molecule has 3 aromatic carbocycles. The molecule has 1 saturated heterocycles. The maximum atomic E-state index is 13.7. The van der Waals surface area contributed by atoms with E-state index in [9.17, 15) is 36.6 Å². The van der Waals surface area contributed by atoms with Gasteiger partial charge in [-0.1, -0.05) is 50.2 Å². The lowest BCUT2D eigenvalue weighted by Gasteiger charge is -2.32. The Morgan fingerprint density at radius 1 is 1.00 bits per heavy atom. The Labute approximate surface area is 271 Å². The molecule has 15 heteroatoms. The summed E-state index contributed by atoms with van der Waals surface area (Å²) in [5, 5.41) is 25.6. The van der Waals surface area contributed by atoms with E-state index in [0.29, 0.717) is 5.75 Å². The quantitative estimate of drug-likeness (QED) is 0.202. The number of aliphatic hydroxyl groups excluding tert-OH is 2. The lowest BCUT2D eigenvalue weighted by molar-refractivity contribution is -0.274. The number of nitrogens with one attached hydrogen (secondary N) is 1. The summed E-state index contributed by atoms with van der Waals surface area (Å²) in [4.78, 5) is 13.8. The van der Waals surface area contributed by atoms with Crippen molar-refractivity contribution < 1.29 is 50.8 Å². The Bertz CT molecular complexity index is 1580. The number of aliphatic hydroxyl groups is 2. The molecule has 3 N–H and O–H groups in total. The van der Waals surface area contributed by atoms with Crippen molar-refractivity contribution in [2.24, 2.45) is 5.92 Å². The normalized spacial score (nSPS) is 17.4. The van der Waals surface area contributed by atoms with E-state index in [4.69, 9.17) is 9.47 Å². The summed E-state index contributed by atoms with van der Waals surface area (Å²) in [6.07, 6.45) is -9.75. The average molecular weight is 682 g/mol. The highest BCUT2D eigenvalue weighted by atomic mass is 32.2. The van der Waals surface area contributed by atoms with Crippen LogP contribution in [0.25, 0.3) is 0 Å². The summed E-state index contributed by atoms with van der Waals surface area (Å²) in [5.74, 6) is -0.147. The van der Waals surface area contributed by atoms with Crippen LogP contribution in [0, 0.1) is 5.92 Å². The summed E-state index contributed by atoms with van der Waals surface area (Å²) < 4.78 is 81.2. The van der Waals surface area contributed by atoms with Crippen LogP contribution in [0.2, 0.25) is 0 Å². The van der Waals surface area contributed by atoms with E-state index in [-0.39, 0.29) is 42.6 Å². The molecule has 1 heterocycles. The SMILES string of the molecule is COc1ccc(S(=O)(=O)N(CC(C)C)C[C@@H](O)[C@H](Cc2ccccc2)NC(O)[C@@H]2CN(c3cccc(OC(F)(F)F)c3)C(=O)O2)cc1. The van der Waals surface area contributed by atoms with E-state index >= 15 is 0 Å². The van der Waals surface area contributed by atoms with Gasteiger partial charge >= 0.3 is 12.5 Å². The molecule has 1 aliphatic rings. The number of benzene rings is 3. The number of halogens is 3. The molecule has 0 bridgehead atoms. The third-order valence-electron chi connectivity index (χ3n) is 7.35. The Kier molecular flexibility index (Phi) is 11.7. The van der Waals surface area contributed by atoms with Gasteiger partial charge in [0.2, 0.25) is 10.0 Å². The lowest BCUT2D eigenvalue weighted by Crippen LogP contribution is -2.55. The van der Waals surface area contributed by atoms with Gasteiger partial charge in [-0.25, -0.2) is 13.2 Å². The lowest BCUT2D eigenvalue weighted by atomic mass is 10.00. The van der Waals surface area contributed by atoms with Gasteiger partial charge in [0.15, 0.2) is 6.10 Å². The topological polar surface area (TPSA) is 138 Å². The van der Waals surface area contributed by atoms with Crippen molar-refractivity contribution in [2.75, 3.05) is 31.6 Å². The van der Waals surface area contributed by atoms with Crippen LogP contribution in [0.15, 0.2) is 83.8 Å². The van der Waals surface area contributed by atoms with Crippen molar-refractivity contribution in [2.45, 2.75) is 56.0 Å². The van der Waals surface area contributed by atoms with E-state index in [1.165, 1.54) is 47.8 Å². The van der Waals surface area contributed by atoms with Gasteiger partial charge in [0.25, 0.3) is 0 Å². The highest BCUT2D eigenvalue weighted by Crippen LogP contribution is 2.30. The number of carbonyl (C=O) groups excluding carboxylic acids is 1. The van der Waals surface area contributed by atoms with Crippen molar-refractivity contribution in [1.29, 1.82) is 0 Å². The first-order valence-electron chi connectivity index (χ1n) is 14.8. The number of ether oxygens (including phenoxy) is 3. The number of cyclic esters (lactones) is 1. The fraction of sp³-hybridized carbons (Fsp3) is 0.406. The van der Waals surface area contributed by atoms with Crippen LogP contribution in [-0.4, -0.2) is 86.6 Å². The van der Waals surface area contributed by atoms with Gasteiger partial charge in [0, 0.05) is 25.2 Å². The van der Waals surface area contributed by atoms with Crippen molar-refractivity contribution in [3.05, 3.63) is 84.4 Å². The van der Waals surface area contributed by atoms with E-state index in [2.05, 4.69) is 10.1 Å². The van der Waals surface area contributed by atoms with Crippen molar-refractivity contribution in [3.63, 3.8) is 0 Å². The molecule has 1 fully saturated rings. The molecule has 0 aromatic heterocycles. The number of rotatable bonds is 15. The summed E-state index contributed by atoms with van der Waals surface area (Å²) in [5.41, 5.74) is 0.830. The Hall–Kier alpha value is -3.89. The van der Waals surface area contributed by atoms with Crippen LogP contribution in [-0.2, 0) is 21.2 Å². The molecule has 0 saturated carbocycles. The summed E-state index contributed by atoms with van der Waals surface area (Å²) in [6, 6.07) is 18.7. The van der Waals surface area contributed by atoms with E-state index in [1.54, 1.807) is 24.3 Å². The number of sulfonamides is 1. The maximum absolute atomic E-state index is 13.7. The molecule has 4 atom stereocenters. The summed E-state index contributed by atoms with van der Waals surface area (Å²) in [7, 11) is -2.59. The minimum atomic E-state index is -4.93. The van der Waals surface area contributed by atoms with Gasteiger partial charge in [-0.3, -0.25) is 10.2 Å². The smallest absolute Gasteiger partial charge is 0.497 e. The standard InChI is InChI=1S/C32H38F3N3O8S/c1-21(2)18-37(47(42,43)26-14-12-24(44-3)13-15-26)19-28(39)27(16-22-8-5-4-6-9-22)36-30(40)29-20-38(31(41)45-29)23-10-7-11-25(17-23)46-32(33,34)35/h4-15,17,21,27-30,36,39-40H,16,18-20H2,1-3H3/t27-,28+,29-,30?/m0/s1. The van der Waals surface area contributed by atoms with Crippen molar-refractivity contribution in [1.82, 2.24) is 9.62 Å². The zero-order chi connectivity index (χ0) is 34.4. The second-order valence-corrected chi connectivity index (χ2v) is 13.4. The Balaban J connectivity index is 1.53. The van der Waals surface area contributed by atoms with E-state index < -0.39 is 52.7 Å². The summed E-state index contributed by atoms with van der Waals surface area (Å²) >= 11 is 0. The Morgan fingerprint density at radius 2 is 1.68 bits per heavy atom. The molecule has 0 aliphatic carbocycles. The Morgan fingerprint density at radius 3 is 2.30 bits per heavy atom. The van der Waals surface area contributed by atoms with E-state index in [1.807, 2.05) is 19.9 Å². The molecule has 1 amide bonds. The van der Waals surface area contributed by atoms with Crippen LogP contribution in [0.5, 0.6) is 11.5 Å². The second kappa shape index (κ2) is 15.3. The highest BCUT2D eigenvalue weighted by molar-refractivity contribution is 7.89. The first-order valence-corrected chi connectivity index (χ1v) is 16.2. The molecular formula is C32H38F3N3O8S. The largest absolute Gasteiger partial charge is 0.573 e. The highest BCUT2D eigenvalue weighted by Gasteiger charge is 2.40. The first-order chi connectivity index (χ1) is 22.2. The minimum Gasteiger partial charge on any atom is -0.497 e. The fourth-order valence-corrected chi connectivity index (χ4v) is 6.74. The molecule has 256 valence electrons. The molecule has 3 aromatic rings. The molecule has 0 spiro atoms. The number of alkyl halides is 3. The molecule has 1 unspecified atom stereocenters. The average Bonchev–Trinajstić information content (AvgIpc) is 3.41. The zero-order valence-corrected chi connectivity index (χ0v) is 26.8. The zero-order valence-electron chi connectivity index (χ0n) is 26.0.